The second kappa shape index (κ2) is 5.81. The van der Waals surface area contributed by atoms with Crippen LogP contribution in [0.25, 0.3) is 0 Å². The Balaban J connectivity index is 2.28. The molecule has 2 rings (SSSR count). The monoisotopic (exact) mass is 278 g/mol. The standard InChI is InChI=1S/C14H18N2O4/c1-3-11-13(18)15-6-7-16(11)14(19)10-5-4-9(20-2)8-12(10)17/h4-5,8,11,17H,3,6-7H2,1-2H3,(H,15,18). The zero-order valence-corrected chi connectivity index (χ0v) is 11.5. The molecular formula is C14H18N2O4. The first-order chi connectivity index (χ1) is 9.58. The van der Waals surface area contributed by atoms with Crippen molar-refractivity contribution in [3.63, 3.8) is 0 Å². The molecule has 2 N–H and O–H groups in total. The van der Waals surface area contributed by atoms with Gasteiger partial charge in [-0.25, -0.2) is 0 Å². The van der Waals surface area contributed by atoms with Crippen LogP contribution in [-0.2, 0) is 4.79 Å². The summed E-state index contributed by atoms with van der Waals surface area (Å²) in [5.41, 5.74) is 0.180. The molecule has 108 valence electrons. The molecule has 0 spiro atoms. The smallest absolute Gasteiger partial charge is 0.258 e. The highest BCUT2D eigenvalue weighted by Crippen LogP contribution is 2.25. The molecule has 0 aromatic heterocycles. The number of nitrogens with one attached hydrogen (secondary N) is 1. The molecule has 0 radical (unpaired) electrons. The fourth-order valence-corrected chi connectivity index (χ4v) is 2.34. The lowest BCUT2D eigenvalue weighted by Gasteiger charge is -2.34. The minimum Gasteiger partial charge on any atom is -0.507 e. The lowest BCUT2D eigenvalue weighted by molar-refractivity contribution is -0.127. The highest BCUT2D eigenvalue weighted by Gasteiger charge is 2.33. The van der Waals surface area contributed by atoms with Crippen molar-refractivity contribution in [3.05, 3.63) is 23.8 Å². The van der Waals surface area contributed by atoms with Gasteiger partial charge in [0.25, 0.3) is 5.91 Å². The van der Waals surface area contributed by atoms with Crippen LogP contribution in [0.3, 0.4) is 0 Å². The number of phenols is 1. The van der Waals surface area contributed by atoms with Crippen LogP contribution in [0.15, 0.2) is 18.2 Å². The summed E-state index contributed by atoms with van der Waals surface area (Å²) in [5.74, 6) is -0.162. The number of amides is 2. The summed E-state index contributed by atoms with van der Waals surface area (Å²) in [4.78, 5) is 25.7. The molecule has 1 saturated heterocycles. The van der Waals surface area contributed by atoms with Crippen molar-refractivity contribution in [3.8, 4) is 11.5 Å². The van der Waals surface area contributed by atoms with Gasteiger partial charge in [0.2, 0.25) is 5.91 Å². The van der Waals surface area contributed by atoms with Gasteiger partial charge in [-0.3, -0.25) is 9.59 Å². The predicted octanol–water partition coefficient (Wildman–Crippen LogP) is 0.751. The van der Waals surface area contributed by atoms with Crippen LogP contribution in [0.1, 0.15) is 23.7 Å². The molecule has 0 bridgehead atoms. The average molecular weight is 278 g/mol. The van der Waals surface area contributed by atoms with Crippen LogP contribution in [0.4, 0.5) is 0 Å². The van der Waals surface area contributed by atoms with Gasteiger partial charge < -0.3 is 20.1 Å². The van der Waals surface area contributed by atoms with Crippen LogP contribution < -0.4 is 10.1 Å². The van der Waals surface area contributed by atoms with E-state index in [2.05, 4.69) is 5.32 Å². The topological polar surface area (TPSA) is 78.9 Å². The first-order valence-corrected chi connectivity index (χ1v) is 6.54. The van der Waals surface area contributed by atoms with E-state index < -0.39 is 6.04 Å². The van der Waals surface area contributed by atoms with Gasteiger partial charge in [0.05, 0.1) is 12.7 Å². The zero-order valence-electron chi connectivity index (χ0n) is 11.5. The van der Waals surface area contributed by atoms with E-state index in [1.807, 2.05) is 6.92 Å². The fraction of sp³-hybridized carbons (Fsp3) is 0.429. The summed E-state index contributed by atoms with van der Waals surface area (Å²) >= 11 is 0. The quantitative estimate of drug-likeness (QED) is 0.855. The lowest BCUT2D eigenvalue weighted by atomic mass is 10.1. The first-order valence-electron chi connectivity index (χ1n) is 6.54. The van der Waals surface area contributed by atoms with Crippen molar-refractivity contribution in [1.82, 2.24) is 10.2 Å². The summed E-state index contributed by atoms with van der Waals surface area (Å²) in [6, 6.07) is 4.02. The molecule has 1 aliphatic rings. The van der Waals surface area contributed by atoms with Crippen LogP contribution in [0.5, 0.6) is 11.5 Å². The average Bonchev–Trinajstić information content (AvgIpc) is 2.46. The second-order valence-corrected chi connectivity index (χ2v) is 4.60. The molecule has 1 heterocycles. The van der Waals surface area contributed by atoms with E-state index in [-0.39, 0.29) is 23.1 Å². The van der Waals surface area contributed by atoms with Gasteiger partial charge in [-0.2, -0.15) is 0 Å². The maximum absolute atomic E-state index is 12.5. The normalized spacial score (nSPS) is 18.6. The predicted molar refractivity (Wildman–Crippen MR) is 72.8 cm³/mol. The van der Waals surface area contributed by atoms with Crippen molar-refractivity contribution in [2.45, 2.75) is 19.4 Å². The van der Waals surface area contributed by atoms with E-state index in [4.69, 9.17) is 4.74 Å². The van der Waals surface area contributed by atoms with Crippen LogP contribution in [0, 0.1) is 0 Å². The lowest BCUT2D eigenvalue weighted by Crippen LogP contribution is -2.56. The Morgan fingerprint density at radius 1 is 1.55 bits per heavy atom. The number of carbonyl (C=O) groups is 2. The molecule has 0 aliphatic carbocycles. The number of rotatable bonds is 3. The number of hydrogen-bond donors (Lipinski definition) is 2. The number of methoxy groups -OCH3 is 1. The molecule has 20 heavy (non-hydrogen) atoms. The minimum absolute atomic E-state index is 0.143. The van der Waals surface area contributed by atoms with E-state index in [9.17, 15) is 14.7 Å². The third-order valence-corrected chi connectivity index (χ3v) is 3.41. The molecule has 6 nitrogen and oxygen atoms in total. The molecule has 0 saturated carbocycles. The summed E-state index contributed by atoms with van der Waals surface area (Å²) in [5, 5.41) is 12.7. The number of benzene rings is 1. The van der Waals surface area contributed by atoms with Gasteiger partial charge in [0.1, 0.15) is 17.5 Å². The summed E-state index contributed by atoms with van der Waals surface area (Å²) in [6.45, 7) is 2.72. The van der Waals surface area contributed by atoms with Crippen LogP contribution >= 0.6 is 0 Å². The highest BCUT2D eigenvalue weighted by atomic mass is 16.5. The van der Waals surface area contributed by atoms with Crippen molar-refractivity contribution < 1.29 is 19.4 Å². The molecule has 1 aromatic carbocycles. The Morgan fingerprint density at radius 3 is 2.90 bits per heavy atom. The third-order valence-electron chi connectivity index (χ3n) is 3.41. The first kappa shape index (κ1) is 14.2. The fourth-order valence-electron chi connectivity index (χ4n) is 2.34. The summed E-state index contributed by atoms with van der Waals surface area (Å²) < 4.78 is 4.99. The highest BCUT2D eigenvalue weighted by molar-refractivity contribution is 6.00. The number of hydrogen-bond acceptors (Lipinski definition) is 4. The van der Waals surface area contributed by atoms with Crippen LogP contribution in [0.2, 0.25) is 0 Å². The van der Waals surface area contributed by atoms with E-state index in [0.717, 1.165) is 0 Å². The summed E-state index contributed by atoms with van der Waals surface area (Å²) in [6.07, 6.45) is 0.536. The van der Waals surface area contributed by atoms with Gasteiger partial charge >= 0.3 is 0 Å². The van der Waals surface area contributed by atoms with E-state index in [1.54, 1.807) is 6.07 Å². The van der Waals surface area contributed by atoms with E-state index in [0.29, 0.717) is 25.3 Å². The Bertz CT molecular complexity index is 530. The van der Waals surface area contributed by atoms with Gasteiger partial charge in [-0.1, -0.05) is 6.92 Å². The molecule has 1 aliphatic heterocycles. The third kappa shape index (κ3) is 2.54. The van der Waals surface area contributed by atoms with Crippen molar-refractivity contribution in [1.29, 1.82) is 0 Å². The molecule has 1 atom stereocenters. The minimum atomic E-state index is -0.488. The molecular weight excluding hydrogens is 260 g/mol. The maximum Gasteiger partial charge on any atom is 0.258 e. The number of carbonyl (C=O) groups excluding carboxylic acids is 2. The molecule has 2 amide bonds. The molecule has 1 aromatic rings. The molecule has 1 unspecified atom stereocenters. The number of phenolic OH excluding ortho intramolecular Hbond substituents is 1. The Hall–Kier alpha value is -2.24. The second-order valence-electron chi connectivity index (χ2n) is 4.60. The maximum atomic E-state index is 12.5. The van der Waals surface area contributed by atoms with Crippen molar-refractivity contribution in [2.75, 3.05) is 20.2 Å². The van der Waals surface area contributed by atoms with E-state index in [1.165, 1.54) is 24.1 Å². The number of piperazine rings is 1. The summed E-state index contributed by atoms with van der Waals surface area (Å²) in [7, 11) is 1.48. The molecule has 6 heteroatoms. The Morgan fingerprint density at radius 2 is 2.30 bits per heavy atom. The van der Waals surface area contributed by atoms with Crippen LogP contribution in [-0.4, -0.2) is 48.1 Å². The van der Waals surface area contributed by atoms with Gasteiger partial charge in [0.15, 0.2) is 0 Å². The largest absolute Gasteiger partial charge is 0.507 e. The SMILES string of the molecule is CCC1C(=O)NCCN1C(=O)c1ccc(OC)cc1O. The van der Waals surface area contributed by atoms with Gasteiger partial charge in [0, 0.05) is 19.2 Å². The van der Waals surface area contributed by atoms with Crippen molar-refractivity contribution in [2.24, 2.45) is 0 Å². The van der Waals surface area contributed by atoms with Gasteiger partial charge in [-0.05, 0) is 18.6 Å². The number of nitrogens with zero attached hydrogens (tertiary/aromatic N) is 1. The zero-order chi connectivity index (χ0) is 14.7. The van der Waals surface area contributed by atoms with E-state index >= 15 is 0 Å². The Kier molecular flexibility index (Phi) is 4.12. The Labute approximate surface area is 117 Å². The van der Waals surface area contributed by atoms with Gasteiger partial charge in [-0.15, -0.1) is 0 Å². The number of ether oxygens (including phenoxy) is 1. The number of aromatic hydroxyl groups is 1. The van der Waals surface area contributed by atoms with Crippen molar-refractivity contribution >= 4 is 11.8 Å². The molecule has 1 fully saturated rings.